The molecule has 0 amide bonds. The summed E-state index contributed by atoms with van der Waals surface area (Å²) in [7, 11) is 3.52. The highest BCUT2D eigenvalue weighted by Gasteiger charge is 2.16. The second-order valence-corrected chi connectivity index (χ2v) is 7.40. The fraction of sp³-hybridized carbons (Fsp3) is 0.588. The van der Waals surface area contributed by atoms with Crippen molar-refractivity contribution in [2.24, 2.45) is 4.99 Å². The van der Waals surface area contributed by atoms with E-state index in [2.05, 4.69) is 54.8 Å². The molecule has 0 aliphatic carbocycles. The molecule has 0 saturated heterocycles. The van der Waals surface area contributed by atoms with Crippen LogP contribution in [-0.2, 0) is 6.42 Å². The molecule has 0 spiro atoms. The fourth-order valence-corrected chi connectivity index (χ4v) is 2.22. The lowest BCUT2D eigenvalue weighted by atomic mass is 10.1. The summed E-state index contributed by atoms with van der Waals surface area (Å²) in [6, 6.07) is 6.27. The number of ether oxygens (including phenoxy) is 1. The van der Waals surface area contributed by atoms with Gasteiger partial charge in [-0.05, 0) is 45.1 Å². The predicted octanol–water partition coefficient (Wildman–Crippen LogP) is 3.47. The Bertz CT molecular complexity index is 507. The van der Waals surface area contributed by atoms with Gasteiger partial charge in [0.15, 0.2) is 5.96 Å². The number of aryl methyl sites for hydroxylation is 1. The van der Waals surface area contributed by atoms with Gasteiger partial charge in [0.1, 0.15) is 5.75 Å². The molecule has 2 N–H and O–H groups in total. The Labute approximate surface area is 162 Å². The van der Waals surface area contributed by atoms with Crippen LogP contribution in [0.1, 0.15) is 25.0 Å². The Hall–Kier alpha value is -0.630. The van der Waals surface area contributed by atoms with Crippen LogP contribution in [-0.4, -0.2) is 44.2 Å². The quantitative estimate of drug-likeness (QED) is 0.379. The lowest BCUT2D eigenvalue weighted by molar-refractivity contribution is 0.409. The number of rotatable bonds is 7. The van der Waals surface area contributed by atoms with Gasteiger partial charge in [-0.1, -0.05) is 17.7 Å². The number of halogens is 1. The molecular formula is C17H30IN3OS. The van der Waals surface area contributed by atoms with Gasteiger partial charge in [-0.3, -0.25) is 4.99 Å². The first-order valence-electron chi connectivity index (χ1n) is 7.55. The van der Waals surface area contributed by atoms with Gasteiger partial charge in [0.25, 0.3) is 0 Å². The summed E-state index contributed by atoms with van der Waals surface area (Å²) in [4.78, 5) is 4.27. The summed E-state index contributed by atoms with van der Waals surface area (Å²) < 4.78 is 5.61. The third-order valence-electron chi connectivity index (χ3n) is 3.58. The van der Waals surface area contributed by atoms with Gasteiger partial charge in [-0.25, -0.2) is 0 Å². The predicted molar refractivity (Wildman–Crippen MR) is 114 cm³/mol. The second kappa shape index (κ2) is 11.0. The Morgan fingerprint density at radius 2 is 2.00 bits per heavy atom. The second-order valence-electron chi connectivity index (χ2n) is 5.88. The average molecular weight is 451 g/mol. The molecule has 0 heterocycles. The van der Waals surface area contributed by atoms with Crippen molar-refractivity contribution in [3.63, 3.8) is 0 Å². The van der Waals surface area contributed by atoms with Crippen LogP contribution in [0.3, 0.4) is 0 Å². The molecule has 0 aliphatic heterocycles. The minimum atomic E-state index is 0. The van der Waals surface area contributed by atoms with E-state index in [9.17, 15) is 0 Å². The van der Waals surface area contributed by atoms with E-state index in [4.69, 9.17) is 4.74 Å². The maximum Gasteiger partial charge on any atom is 0.191 e. The lowest BCUT2D eigenvalue weighted by Gasteiger charge is -2.23. The minimum Gasteiger partial charge on any atom is -0.496 e. The molecule has 0 atom stereocenters. The van der Waals surface area contributed by atoms with Crippen molar-refractivity contribution in [1.82, 2.24) is 10.6 Å². The first kappa shape index (κ1) is 22.4. The third-order valence-corrected chi connectivity index (χ3v) is 4.83. The molecule has 0 bridgehead atoms. The number of hydrogen-bond donors (Lipinski definition) is 2. The molecule has 0 aromatic heterocycles. The first-order valence-corrected chi connectivity index (χ1v) is 8.77. The van der Waals surface area contributed by atoms with Crippen molar-refractivity contribution >= 4 is 41.7 Å². The summed E-state index contributed by atoms with van der Waals surface area (Å²) in [5.74, 6) is 1.78. The molecule has 0 unspecified atom stereocenters. The highest BCUT2D eigenvalue weighted by Crippen LogP contribution is 2.20. The van der Waals surface area contributed by atoms with Crippen LogP contribution >= 0.6 is 35.7 Å². The molecule has 6 heteroatoms. The summed E-state index contributed by atoms with van der Waals surface area (Å²) in [5.41, 5.74) is 2.47. The molecular weight excluding hydrogens is 421 g/mol. The summed E-state index contributed by atoms with van der Waals surface area (Å²) in [6.07, 6.45) is 3.03. The van der Waals surface area contributed by atoms with Crippen LogP contribution in [0, 0.1) is 6.92 Å². The van der Waals surface area contributed by atoms with E-state index in [0.717, 1.165) is 31.2 Å². The molecule has 4 nitrogen and oxygen atoms in total. The Morgan fingerprint density at radius 3 is 2.57 bits per heavy atom. The number of guanidine groups is 1. The molecule has 0 saturated carbocycles. The third kappa shape index (κ3) is 8.15. The number of benzene rings is 1. The molecule has 1 aromatic carbocycles. The lowest BCUT2D eigenvalue weighted by Crippen LogP contribution is -2.43. The zero-order chi connectivity index (χ0) is 16.6. The van der Waals surface area contributed by atoms with Gasteiger partial charge in [0.2, 0.25) is 0 Å². The van der Waals surface area contributed by atoms with Crippen LogP contribution in [0.5, 0.6) is 5.75 Å². The molecule has 0 fully saturated rings. The van der Waals surface area contributed by atoms with Crippen LogP contribution < -0.4 is 15.4 Å². The van der Waals surface area contributed by atoms with Crippen LogP contribution in [0.4, 0.5) is 0 Å². The van der Waals surface area contributed by atoms with Crippen molar-refractivity contribution in [1.29, 1.82) is 0 Å². The zero-order valence-corrected chi connectivity index (χ0v) is 18.2. The zero-order valence-electron chi connectivity index (χ0n) is 15.0. The molecule has 1 aromatic rings. The van der Waals surface area contributed by atoms with E-state index in [1.54, 1.807) is 14.2 Å². The van der Waals surface area contributed by atoms with Crippen molar-refractivity contribution in [2.75, 3.05) is 33.5 Å². The molecule has 132 valence electrons. The topological polar surface area (TPSA) is 45.7 Å². The Morgan fingerprint density at radius 1 is 1.30 bits per heavy atom. The Balaban J connectivity index is 0.00000484. The van der Waals surface area contributed by atoms with Gasteiger partial charge < -0.3 is 15.4 Å². The van der Waals surface area contributed by atoms with E-state index in [1.807, 2.05) is 17.8 Å². The van der Waals surface area contributed by atoms with Crippen molar-refractivity contribution in [3.8, 4) is 5.75 Å². The standard InChI is InChI=1S/C17H29N3OS.HI/c1-13-7-8-15(21-5)14(11-13)9-10-19-16(18-4)20-12-17(2,3)22-6;/h7-8,11H,9-10,12H2,1-6H3,(H2,18,19,20);1H. The first-order chi connectivity index (χ1) is 10.4. The van der Waals surface area contributed by atoms with Crippen molar-refractivity contribution < 1.29 is 4.74 Å². The fourth-order valence-electron chi connectivity index (χ4n) is 2.01. The van der Waals surface area contributed by atoms with Gasteiger partial charge >= 0.3 is 0 Å². The van der Waals surface area contributed by atoms with Crippen LogP contribution in [0.2, 0.25) is 0 Å². The average Bonchev–Trinajstić information content (AvgIpc) is 2.51. The van der Waals surface area contributed by atoms with Crippen LogP contribution in [0.15, 0.2) is 23.2 Å². The van der Waals surface area contributed by atoms with Crippen molar-refractivity contribution in [3.05, 3.63) is 29.3 Å². The highest BCUT2D eigenvalue weighted by molar-refractivity contribution is 14.0. The highest BCUT2D eigenvalue weighted by atomic mass is 127. The smallest absolute Gasteiger partial charge is 0.191 e. The maximum atomic E-state index is 5.41. The normalized spacial score (nSPS) is 11.7. The number of methoxy groups -OCH3 is 1. The van der Waals surface area contributed by atoms with Gasteiger partial charge in [-0.15, -0.1) is 24.0 Å². The minimum absolute atomic E-state index is 0. The SMILES string of the molecule is CN=C(NCCc1cc(C)ccc1OC)NCC(C)(C)SC.I. The van der Waals surface area contributed by atoms with Gasteiger partial charge in [-0.2, -0.15) is 11.8 Å². The van der Waals surface area contributed by atoms with E-state index in [0.29, 0.717) is 0 Å². The number of thioether (sulfide) groups is 1. The largest absolute Gasteiger partial charge is 0.496 e. The van der Waals surface area contributed by atoms with Crippen molar-refractivity contribution in [2.45, 2.75) is 31.9 Å². The van der Waals surface area contributed by atoms with E-state index >= 15 is 0 Å². The number of aliphatic imine (C=N–C) groups is 1. The van der Waals surface area contributed by atoms with Gasteiger partial charge in [0, 0.05) is 24.9 Å². The Kier molecular flexibility index (Phi) is 10.7. The summed E-state index contributed by atoms with van der Waals surface area (Å²) in [5, 5.41) is 6.73. The maximum absolute atomic E-state index is 5.41. The van der Waals surface area contributed by atoms with Gasteiger partial charge in [0.05, 0.1) is 7.11 Å². The van der Waals surface area contributed by atoms with E-state index in [1.165, 1.54) is 11.1 Å². The monoisotopic (exact) mass is 451 g/mol. The summed E-state index contributed by atoms with van der Waals surface area (Å²) in [6.45, 7) is 8.23. The molecule has 1 rings (SSSR count). The van der Waals surface area contributed by atoms with E-state index < -0.39 is 0 Å². The molecule has 0 aliphatic rings. The number of nitrogens with one attached hydrogen (secondary N) is 2. The van der Waals surface area contributed by atoms with Crippen LogP contribution in [0.25, 0.3) is 0 Å². The summed E-state index contributed by atoms with van der Waals surface area (Å²) >= 11 is 1.84. The molecule has 0 radical (unpaired) electrons. The number of hydrogen-bond acceptors (Lipinski definition) is 3. The van der Waals surface area contributed by atoms with E-state index in [-0.39, 0.29) is 28.7 Å². The number of nitrogens with zero attached hydrogens (tertiary/aromatic N) is 1. The molecule has 23 heavy (non-hydrogen) atoms.